The van der Waals surface area contributed by atoms with Gasteiger partial charge in [-0.1, -0.05) is 11.8 Å². The Morgan fingerprint density at radius 2 is 2.11 bits per heavy atom. The number of anilines is 1. The molecule has 0 radical (unpaired) electrons. The highest BCUT2D eigenvalue weighted by Gasteiger charge is 2.35. The van der Waals surface area contributed by atoms with Crippen molar-refractivity contribution in [3.05, 3.63) is 18.1 Å². The molecule has 1 saturated heterocycles. The number of rotatable bonds is 3. The molecule has 0 bridgehead atoms. The van der Waals surface area contributed by atoms with E-state index in [1.165, 1.54) is 24.2 Å². The SMILES string of the molecule is CC(=O)SC1CC(=O)N(c2nccnc2C(=O)O)C1. The zero-order valence-corrected chi connectivity index (χ0v) is 10.9. The van der Waals surface area contributed by atoms with E-state index in [2.05, 4.69) is 9.97 Å². The van der Waals surface area contributed by atoms with E-state index in [0.29, 0.717) is 0 Å². The Bertz CT molecular complexity index is 548. The molecule has 2 rings (SSSR count). The van der Waals surface area contributed by atoms with Crippen LogP contribution < -0.4 is 4.90 Å². The van der Waals surface area contributed by atoms with Crippen LogP contribution in [0.1, 0.15) is 23.8 Å². The van der Waals surface area contributed by atoms with Crippen LogP contribution in [-0.4, -0.2) is 43.9 Å². The van der Waals surface area contributed by atoms with Gasteiger partial charge in [0.15, 0.2) is 16.6 Å². The first-order valence-electron chi connectivity index (χ1n) is 5.51. The molecule has 1 aliphatic rings. The van der Waals surface area contributed by atoms with Crippen LogP contribution in [0.2, 0.25) is 0 Å². The molecule has 7 nitrogen and oxygen atoms in total. The molecule has 1 amide bonds. The highest BCUT2D eigenvalue weighted by molar-refractivity contribution is 8.14. The third kappa shape index (κ3) is 2.90. The average Bonchev–Trinajstić information content (AvgIpc) is 2.69. The largest absolute Gasteiger partial charge is 0.476 e. The van der Waals surface area contributed by atoms with Crippen LogP contribution in [0.25, 0.3) is 0 Å². The Hall–Kier alpha value is -1.96. The number of nitrogens with zero attached hydrogens (tertiary/aromatic N) is 3. The quantitative estimate of drug-likeness (QED) is 0.863. The van der Waals surface area contributed by atoms with Crippen molar-refractivity contribution in [2.45, 2.75) is 18.6 Å². The van der Waals surface area contributed by atoms with E-state index >= 15 is 0 Å². The van der Waals surface area contributed by atoms with Crippen molar-refractivity contribution in [1.29, 1.82) is 0 Å². The van der Waals surface area contributed by atoms with Crippen molar-refractivity contribution in [2.75, 3.05) is 11.4 Å². The van der Waals surface area contributed by atoms with E-state index in [4.69, 9.17) is 5.11 Å². The fraction of sp³-hybridized carbons (Fsp3) is 0.364. The molecule has 8 heteroatoms. The Morgan fingerprint density at radius 1 is 1.42 bits per heavy atom. The second-order valence-corrected chi connectivity index (χ2v) is 5.45. The Balaban J connectivity index is 2.26. The lowest BCUT2D eigenvalue weighted by Crippen LogP contribution is -2.28. The van der Waals surface area contributed by atoms with Crippen molar-refractivity contribution in [3.8, 4) is 0 Å². The van der Waals surface area contributed by atoms with E-state index in [9.17, 15) is 14.4 Å². The fourth-order valence-electron chi connectivity index (χ4n) is 1.87. The molecule has 1 N–H and O–H groups in total. The predicted octanol–water partition coefficient (Wildman–Crippen LogP) is 0.560. The first kappa shape index (κ1) is 13.5. The maximum absolute atomic E-state index is 11.9. The van der Waals surface area contributed by atoms with E-state index < -0.39 is 5.97 Å². The number of carboxylic acids is 1. The molecular weight excluding hydrogens is 270 g/mol. The summed E-state index contributed by atoms with van der Waals surface area (Å²) >= 11 is 1.08. The van der Waals surface area contributed by atoms with Gasteiger partial charge in [-0.25, -0.2) is 14.8 Å². The first-order chi connectivity index (χ1) is 8.99. The molecule has 0 aliphatic carbocycles. The maximum Gasteiger partial charge on any atom is 0.358 e. The first-order valence-corrected chi connectivity index (χ1v) is 6.39. The number of carboxylic acid groups (broad SMARTS) is 1. The number of carbonyl (C=O) groups excluding carboxylic acids is 2. The minimum Gasteiger partial charge on any atom is -0.476 e. The summed E-state index contributed by atoms with van der Waals surface area (Å²) in [4.78, 5) is 42.9. The van der Waals surface area contributed by atoms with Gasteiger partial charge >= 0.3 is 5.97 Å². The van der Waals surface area contributed by atoms with Crippen LogP contribution >= 0.6 is 11.8 Å². The third-order valence-electron chi connectivity index (χ3n) is 2.56. The van der Waals surface area contributed by atoms with Crippen molar-refractivity contribution < 1.29 is 19.5 Å². The third-order valence-corrected chi connectivity index (χ3v) is 3.54. The van der Waals surface area contributed by atoms with Gasteiger partial charge in [0.05, 0.1) is 0 Å². The molecule has 1 aromatic rings. The summed E-state index contributed by atoms with van der Waals surface area (Å²) in [7, 11) is 0. The maximum atomic E-state index is 11.9. The van der Waals surface area contributed by atoms with Crippen LogP contribution in [0.5, 0.6) is 0 Å². The summed E-state index contributed by atoms with van der Waals surface area (Å²) in [5.74, 6) is -1.45. The zero-order valence-electron chi connectivity index (χ0n) is 10.1. The van der Waals surface area contributed by atoms with Gasteiger partial charge in [-0.2, -0.15) is 0 Å². The molecule has 0 aromatic carbocycles. The van der Waals surface area contributed by atoms with Gasteiger partial charge in [0.1, 0.15) is 0 Å². The van der Waals surface area contributed by atoms with E-state index in [1.807, 2.05) is 0 Å². The summed E-state index contributed by atoms with van der Waals surface area (Å²) < 4.78 is 0. The van der Waals surface area contributed by atoms with Crippen molar-refractivity contribution in [2.24, 2.45) is 0 Å². The van der Waals surface area contributed by atoms with Crippen molar-refractivity contribution >= 4 is 34.6 Å². The van der Waals surface area contributed by atoms with E-state index in [-0.39, 0.29) is 40.7 Å². The van der Waals surface area contributed by atoms with Crippen molar-refractivity contribution in [1.82, 2.24) is 9.97 Å². The number of thioether (sulfide) groups is 1. The molecule has 19 heavy (non-hydrogen) atoms. The number of carbonyl (C=O) groups is 3. The highest BCUT2D eigenvalue weighted by Crippen LogP contribution is 2.28. The highest BCUT2D eigenvalue weighted by atomic mass is 32.2. The number of aromatic carboxylic acids is 1. The van der Waals surface area contributed by atoms with E-state index in [1.54, 1.807) is 0 Å². The van der Waals surface area contributed by atoms with Crippen LogP contribution in [0.3, 0.4) is 0 Å². The van der Waals surface area contributed by atoms with Gasteiger partial charge < -0.3 is 5.11 Å². The fourth-order valence-corrected chi connectivity index (χ4v) is 2.79. The summed E-state index contributed by atoms with van der Waals surface area (Å²) in [6.45, 7) is 1.70. The minimum atomic E-state index is -1.24. The molecule has 0 spiro atoms. The molecule has 1 aromatic heterocycles. The van der Waals surface area contributed by atoms with Crippen LogP contribution in [0.4, 0.5) is 5.82 Å². The summed E-state index contributed by atoms with van der Waals surface area (Å²) in [6, 6.07) is 0. The molecule has 1 atom stereocenters. The van der Waals surface area contributed by atoms with Crippen LogP contribution in [0.15, 0.2) is 12.4 Å². The number of hydrogen-bond acceptors (Lipinski definition) is 6. The normalized spacial score (nSPS) is 18.7. The van der Waals surface area contributed by atoms with Gasteiger partial charge in [-0.3, -0.25) is 14.5 Å². The Kier molecular flexibility index (Phi) is 3.79. The van der Waals surface area contributed by atoms with Crippen molar-refractivity contribution in [3.63, 3.8) is 0 Å². The smallest absolute Gasteiger partial charge is 0.358 e. The Labute approximate surface area is 113 Å². The van der Waals surface area contributed by atoms with Gasteiger partial charge in [-0.05, 0) is 0 Å². The van der Waals surface area contributed by atoms with Gasteiger partial charge in [0.25, 0.3) is 0 Å². The van der Waals surface area contributed by atoms with Gasteiger partial charge in [0.2, 0.25) is 5.91 Å². The molecule has 2 heterocycles. The molecule has 1 aliphatic heterocycles. The number of hydrogen-bond donors (Lipinski definition) is 1. The summed E-state index contributed by atoms with van der Waals surface area (Å²) in [5, 5.41) is 8.78. The minimum absolute atomic E-state index is 0.0339. The average molecular weight is 281 g/mol. The lowest BCUT2D eigenvalue weighted by atomic mass is 10.4. The summed E-state index contributed by atoms with van der Waals surface area (Å²) in [5.41, 5.74) is -0.260. The second kappa shape index (κ2) is 5.35. The summed E-state index contributed by atoms with van der Waals surface area (Å²) in [6.07, 6.45) is 2.79. The lowest BCUT2D eigenvalue weighted by molar-refractivity contribution is -0.117. The van der Waals surface area contributed by atoms with Gasteiger partial charge in [-0.15, -0.1) is 0 Å². The molecule has 100 valence electrons. The van der Waals surface area contributed by atoms with E-state index in [0.717, 1.165) is 11.8 Å². The monoisotopic (exact) mass is 281 g/mol. The predicted molar refractivity (Wildman–Crippen MR) is 68.0 cm³/mol. The molecule has 0 saturated carbocycles. The zero-order chi connectivity index (χ0) is 14.0. The molecular formula is C11H11N3O4S. The van der Waals surface area contributed by atoms with Crippen LogP contribution in [0, 0.1) is 0 Å². The second-order valence-electron chi connectivity index (χ2n) is 3.97. The molecule has 1 fully saturated rings. The lowest BCUT2D eigenvalue weighted by Gasteiger charge is -2.16. The van der Waals surface area contributed by atoms with Crippen LogP contribution in [-0.2, 0) is 9.59 Å². The van der Waals surface area contributed by atoms with Gasteiger partial charge in [0, 0.05) is 37.5 Å². The number of aromatic nitrogens is 2. The Morgan fingerprint density at radius 3 is 2.74 bits per heavy atom. The topological polar surface area (TPSA) is 100 Å². The number of amides is 1. The standard InChI is InChI=1S/C11H11N3O4S/c1-6(15)19-7-4-8(16)14(5-7)10-9(11(17)18)12-2-3-13-10/h2-3,7H,4-5H2,1H3,(H,17,18). The molecule has 1 unspecified atom stereocenters.